The third kappa shape index (κ3) is 3.48. The number of carbonyl (C=O) groups is 1. The molecule has 0 bridgehead atoms. The molecule has 3 rings (SSSR count). The van der Waals surface area contributed by atoms with Crippen LogP contribution >= 0.6 is 0 Å². The minimum atomic E-state index is -0.823. The first-order valence-corrected chi connectivity index (χ1v) is 10.4. The van der Waals surface area contributed by atoms with Gasteiger partial charge in [0, 0.05) is 23.2 Å². The summed E-state index contributed by atoms with van der Waals surface area (Å²) < 4.78 is 0. The molecule has 1 saturated heterocycles. The lowest BCUT2D eigenvalue weighted by Crippen LogP contribution is -2.39. The van der Waals surface area contributed by atoms with Gasteiger partial charge in [-0.05, 0) is 55.5 Å². The molecular formula is C22H34N2O2. The Morgan fingerprint density at radius 2 is 2.15 bits per heavy atom. The summed E-state index contributed by atoms with van der Waals surface area (Å²) in [7, 11) is 0. The SMILES string of the molecule is CCCCCCC(CC)N(C(=O)O)c1ccc2c(c1)[C@]1(C)CCN[C@@H]1C2. The van der Waals surface area contributed by atoms with Gasteiger partial charge in [-0.15, -0.1) is 0 Å². The summed E-state index contributed by atoms with van der Waals surface area (Å²) in [4.78, 5) is 13.7. The molecule has 0 radical (unpaired) electrons. The molecule has 0 spiro atoms. The maximum atomic E-state index is 12.1. The number of hydrogen-bond acceptors (Lipinski definition) is 2. The van der Waals surface area contributed by atoms with E-state index in [9.17, 15) is 9.90 Å². The Bertz CT molecular complexity index is 645. The Morgan fingerprint density at radius 3 is 2.85 bits per heavy atom. The van der Waals surface area contributed by atoms with Gasteiger partial charge in [0.05, 0.1) is 0 Å². The fraction of sp³-hybridized carbons (Fsp3) is 0.682. The molecule has 4 nitrogen and oxygen atoms in total. The number of unbranched alkanes of at least 4 members (excludes halogenated alkanes) is 3. The maximum Gasteiger partial charge on any atom is 0.412 e. The largest absolute Gasteiger partial charge is 0.465 e. The van der Waals surface area contributed by atoms with Gasteiger partial charge in [0.15, 0.2) is 0 Å². The molecule has 144 valence electrons. The van der Waals surface area contributed by atoms with Crippen LogP contribution in [0.5, 0.6) is 0 Å². The Morgan fingerprint density at radius 1 is 1.35 bits per heavy atom. The van der Waals surface area contributed by atoms with Gasteiger partial charge in [0.2, 0.25) is 0 Å². The van der Waals surface area contributed by atoms with Crippen molar-refractivity contribution in [2.45, 2.75) is 89.6 Å². The summed E-state index contributed by atoms with van der Waals surface area (Å²) in [6, 6.07) is 6.92. The molecule has 26 heavy (non-hydrogen) atoms. The number of nitrogens with one attached hydrogen (secondary N) is 1. The summed E-state index contributed by atoms with van der Waals surface area (Å²) in [5.41, 5.74) is 3.75. The number of anilines is 1. The normalized spacial score (nSPS) is 25.0. The molecule has 1 aromatic carbocycles. The zero-order valence-corrected chi connectivity index (χ0v) is 16.6. The van der Waals surface area contributed by atoms with E-state index in [0.29, 0.717) is 6.04 Å². The molecule has 1 heterocycles. The van der Waals surface area contributed by atoms with Crippen molar-refractivity contribution in [3.8, 4) is 0 Å². The molecule has 2 N–H and O–H groups in total. The number of hydrogen-bond donors (Lipinski definition) is 2. The van der Waals surface area contributed by atoms with Crippen LogP contribution in [0.15, 0.2) is 18.2 Å². The minimum Gasteiger partial charge on any atom is -0.465 e. The van der Waals surface area contributed by atoms with E-state index in [1.54, 1.807) is 4.90 Å². The Hall–Kier alpha value is -1.55. The number of nitrogens with zero attached hydrogens (tertiary/aromatic N) is 1. The highest BCUT2D eigenvalue weighted by molar-refractivity contribution is 5.87. The molecule has 1 aliphatic heterocycles. The molecule has 1 unspecified atom stereocenters. The Kier molecular flexibility index (Phi) is 5.91. The number of fused-ring (bicyclic) bond motifs is 3. The third-order valence-electron chi connectivity index (χ3n) is 6.65. The first-order valence-electron chi connectivity index (χ1n) is 10.4. The van der Waals surface area contributed by atoms with Crippen molar-refractivity contribution in [1.29, 1.82) is 0 Å². The first kappa shape index (κ1) is 19.2. The smallest absolute Gasteiger partial charge is 0.412 e. The maximum absolute atomic E-state index is 12.1. The van der Waals surface area contributed by atoms with Crippen LogP contribution in [0.2, 0.25) is 0 Å². The summed E-state index contributed by atoms with van der Waals surface area (Å²) in [5.74, 6) is 0. The molecule has 2 aliphatic rings. The van der Waals surface area contributed by atoms with Crippen LogP contribution in [0.1, 0.15) is 76.8 Å². The van der Waals surface area contributed by atoms with Crippen LogP contribution in [-0.2, 0) is 11.8 Å². The monoisotopic (exact) mass is 358 g/mol. The van der Waals surface area contributed by atoms with E-state index in [-0.39, 0.29) is 11.5 Å². The van der Waals surface area contributed by atoms with Crippen LogP contribution in [-0.4, -0.2) is 29.8 Å². The van der Waals surface area contributed by atoms with E-state index in [1.165, 1.54) is 30.4 Å². The van der Waals surface area contributed by atoms with Gasteiger partial charge in [0.1, 0.15) is 0 Å². The summed E-state index contributed by atoms with van der Waals surface area (Å²) in [6.45, 7) is 7.70. The van der Waals surface area contributed by atoms with E-state index in [4.69, 9.17) is 0 Å². The second-order valence-electron chi connectivity index (χ2n) is 8.28. The third-order valence-corrected chi connectivity index (χ3v) is 6.65. The van der Waals surface area contributed by atoms with Crippen molar-refractivity contribution in [3.05, 3.63) is 29.3 Å². The molecular weight excluding hydrogens is 324 g/mol. The summed E-state index contributed by atoms with van der Waals surface area (Å²) >= 11 is 0. The highest BCUT2D eigenvalue weighted by atomic mass is 16.4. The number of amides is 1. The van der Waals surface area contributed by atoms with Crippen molar-refractivity contribution in [1.82, 2.24) is 5.32 Å². The van der Waals surface area contributed by atoms with Gasteiger partial charge >= 0.3 is 6.09 Å². The van der Waals surface area contributed by atoms with Gasteiger partial charge in [-0.2, -0.15) is 0 Å². The zero-order valence-electron chi connectivity index (χ0n) is 16.6. The molecule has 3 atom stereocenters. The minimum absolute atomic E-state index is 0.0640. The van der Waals surface area contributed by atoms with Crippen LogP contribution in [0.25, 0.3) is 0 Å². The molecule has 1 aromatic rings. The van der Waals surface area contributed by atoms with E-state index >= 15 is 0 Å². The molecule has 1 aliphatic carbocycles. The average molecular weight is 359 g/mol. The van der Waals surface area contributed by atoms with Crippen molar-refractivity contribution >= 4 is 11.8 Å². The van der Waals surface area contributed by atoms with E-state index < -0.39 is 6.09 Å². The van der Waals surface area contributed by atoms with Gasteiger partial charge in [0.25, 0.3) is 0 Å². The molecule has 0 saturated carbocycles. The van der Waals surface area contributed by atoms with Crippen LogP contribution in [0, 0.1) is 0 Å². The van der Waals surface area contributed by atoms with Gasteiger partial charge in [-0.25, -0.2) is 4.79 Å². The van der Waals surface area contributed by atoms with Gasteiger partial charge in [-0.1, -0.05) is 52.5 Å². The van der Waals surface area contributed by atoms with E-state index in [0.717, 1.165) is 44.3 Å². The fourth-order valence-electron chi connectivity index (χ4n) is 4.97. The Labute approximate surface area is 158 Å². The highest BCUT2D eigenvalue weighted by Crippen LogP contribution is 2.45. The van der Waals surface area contributed by atoms with Crippen molar-refractivity contribution in [2.24, 2.45) is 0 Å². The molecule has 1 fully saturated rings. The average Bonchev–Trinajstić information content (AvgIpc) is 3.11. The van der Waals surface area contributed by atoms with Gasteiger partial charge < -0.3 is 10.4 Å². The fourth-order valence-corrected chi connectivity index (χ4v) is 4.97. The summed E-state index contributed by atoms with van der Waals surface area (Å²) in [5, 5.41) is 13.6. The van der Waals surface area contributed by atoms with E-state index in [1.807, 2.05) is 6.07 Å². The second-order valence-corrected chi connectivity index (χ2v) is 8.28. The van der Waals surface area contributed by atoms with Crippen LogP contribution in [0.4, 0.5) is 10.5 Å². The highest BCUT2D eigenvalue weighted by Gasteiger charge is 2.46. The summed E-state index contributed by atoms with van der Waals surface area (Å²) in [6.07, 6.45) is 7.91. The van der Waals surface area contributed by atoms with E-state index in [2.05, 4.69) is 38.2 Å². The standard InChI is InChI=1S/C22H34N2O2/c1-4-6-7-8-9-17(5-2)24(21(25)26)18-11-10-16-14-20-22(3,12-13-23-20)19(16)15-18/h10-11,15,17,20,23H,4-9,12-14H2,1-3H3,(H,25,26)/t17?,20-,22+/m1/s1. The molecule has 1 amide bonds. The topological polar surface area (TPSA) is 52.6 Å². The lowest BCUT2D eigenvalue weighted by Gasteiger charge is -2.31. The molecule has 0 aromatic heterocycles. The predicted octanol–water partition coefficient (Wildman–Crippen LogP) is 5.10. The van der Waals surface area contributed by atoms with Crippen molar-refractivity contribution < 1.29 is 9.90 Å². The van der Waals surface area contributed by atoms with Crippen LogP contribution < -0.4 is 10.2 Å². The van der Waals surface area contributed by atoms with Crippen molar-refractivity contribution in [3.63, 3.8) is 0 Å². The first-order chi connectivity index (χ1) is 12.5. The Balaban J connectivity index is 1.84. The predicted molar refractivity (Wildman–Crippen MR) is 107 cm³/mol. The number of rotatable bonds is 8. The second kappa shape index (κ2) is 7.99. The van der Waals surface area contributed by atoms with Crippen LogP contribution in [0.3, 0.4) is 0 Å². The van der Waals surface area contributed by atoms with Gasteiger partial charge in [-0.3, -0.25) is 4.90 Å². The number of carboxylic acid groups (broad SMARTS) is 1. The number of benzene rings is 1. The lowest BCUT2D eigenvalue weighted by atomic mass is 9.80. The van der Waals surface area contributed by atoms with Crippen molar-refractivity contribution in [2.75, 3.05) is 11.4 Å². The molecule has 4 heteroatoms. The lowest BCUT2D eigenvalue weighted by molar-refractivity contribution is 0.198. The quantitative estimate of drug-likeness (QED) is 0.636. The zero-order chi connectivity index (χ0) is 18.7.